The third kappa shape index (κ3) is 7.45. The molecule has 0 aliphatic rings. The fraction of sp³-hybridized carbons (Fsp3) is 0.385. The standard InChI is InChI=1S/C26H32O6/c1-29-23-10-7-9-21(25(23)31-3)15-12-19(8-5-6-11-24(27)30-2)18-20-13-16-22(17-14-20)26(28)32-4/h7,9-10,12-17,19H,5-6,8,11,18H2,1-4H3. The quantitative estimate of drug-likeness (QED) is 0.338. The van der Waals surface area contributed by atoms with Crippen molar-refractivity contribution in [3.8, 4) is 11.5 Å². The molecule has 32 heavy (non-hydrogen) atoms. The number of benzene rings is 2. The Labute approximate surface area is 190 Å². The van der Waals surface area contributed by atoms with Crippen molar-refractivity contribution in [3.63, 3.8) is 0 Å². The third-order valence-electron chi connectivity index (χ3n) is 5.29. The van der Waals surface area contributed by atoms with E-state index in [2.05, 4.69) is 12.2 Å². The fourth-order valence-electron chi connectivity index (χ4n) is 3.52. The van der Waals surface area contributed by atoms with Gasteiger partial charge in [0, 0.05) is 12.0 Å². The summed E-state index contributed by atoms with van der Waals surface area (Å²) < 4.78 is 20.4. The van der Waals surface area contributed by atoms with Gasteiger partial charge in [0.2, 0.25) is 0 Å². The van der Waals surface area contributed by atoms with Crippen LogP contribution < -0.4 is 9.47 Å². The van der Waals surface area contributed by atoms with Crippen LogP contribution in [0, 0.1) is 5.92 Å². The number of hydrogen-bond acceptors (Lipinski definition) is 6. The number of para-hydroxylation sites is 1. The first-order valence-corrected chi connectivity index (χ1v) is 10.7. The van der Waals surface area contributed by atoms with Crippen LogP contribution in [0.1, 0.15) is 47.2 Å². The molecule has 6 heteroatoms. The van der Waals surface area contributed by atoms with E-state index in [9.17, 15) is 9.59 Å². The van der Waals surface area contributed by atoms with Gasteiger partial charge in [-0.2, -0.15) is 0 Å². The zero-order valence-electron chi connectivity index (χ0n) is 19.3. The van der Waals surface area contributed by atoms with Gasteiger partial charge in [0.15, 0.2) is 11.5 Å². The van der Waals surface area contributed by atoms with Gasteiger partial charge in [-0.15, -0.1) is 0 Å². The molecule has 1 unspecified atom stereocenters. The minimum absolute atomic E-state index is 0.184. The largest absolute Gasteiger partial charge is 0.493 e. The van der Waals surface area contributed by atoms with Crippen LogP contribution in [-0.4, -0.2) is 40.4 Å². The Bertz CT molecular complexity index is 901. The van der Waals surface area contributed by atoms with Crippen LogP contribution in [0.4, 0.5) is 0 Å². The smallest absolute Gasteiger partial charge is 0.337 e. The van der Waals surface area contributed by atoms with Crippen LogP contribution in [0.25, 0.3) is 6.08 Å². The fourth-order valence-corrected chi connectivity index (χ4v) is 3.52. The predicted octanol–water partition coefficient (Wildman–Crippen LogP) is 5.10. The summed E-state index contributed by atoms with van der Waals surface area (Å²) in [6.45, 7) is 0. The minimum Gasteiger partial charge on any atom is -0.493 e. The van der Waals surface area contributed by atoms with E-state index in [-0.39, 0.29) is 17.9 Å². The van der Waals surface area contributed by atoms with Crippen molar-refractivity contribution in [3.05, 3.63) is 65.2 Å². The van der Waals surface area contributed by atoms with E-state index in [1.54, 1.807) is 26.4 Å². The van der Waals surface area contributed by atoms with E-state index in [0.717, 1.165) is 36.8 Å². The Hall–Kier alpha value is -3.28. The molecule has 0 N–H and O–H groups in total. The molecule has 6 nitrogen and oxygen atoms in total. The third-order valence-corrected chi connectivity index (χ3v) is 5.29. The van der Waals surface area contributed by atoms with Crippen LogP contribution >= 0.6 is 0 Å². The van der Waals surface area contributed by atoms with Crippen molar-refractivity contribution in [2.45, 2.75) is 32.1 Å². The van der Waals surface area contributed by atoms with Crippen molar-refractivity contribution >= 4 is 18.0 Å². The van der Waals surface area contributed by atoms with Crippen molar-refractivity contribution in [2.24, 2.45) is 5.92 Å². The normalized spacial score (nSPS) is 11.8. The molecule has 172 valence electrons. The highest BCUT2D eigenvalue weighted by molar-refractivity contribution is 5.89. The first-order valence-electron chi connectivity index (χ1n) is 10.7. The highest BCUT2D eigenvalue weighted by Gasteiger charge is 2.12. The number of methoxy groups -OCH3 is 4. The van der Waals surface area contributed by atoms with E-state index in [1.807, 2.05) is 30.3 Å². The number of hydrogen-bond donors (Lipinski definition) is 0. The van der Waals surface area contributed by atoms with Crippen LogP contribution in [0.15, 0.2) is 48.5 Å². The number of rotatable bonds is 12. The van der Waals surface area contributed by atoms with Gasteiger partial charge < -0.3 is 18.9 Å². The van der Waals surface area contributed by atoms with Gasteiger partial charge in [0.25, 0.3) is 0 Å². The lowest BCUT2D eigenvalue weighted by molar-refractivity contribution is -0.140. The minimum atomic E-state index is -0.346. The summed E-state index contributed by atoms with van der Waals surface area (Å²) in [6, 6.07) is 13.2. The first-order chi connectivity index (χ1) is 15.5. The molecule has 0 saturated carbocycles. The molecule has 0 aliphatic carbocycles. The molecule has 1 atom stereocenters. The summed E-state index contributed by atoms with van der Waals surface area (Å²) in [5.74, 6) is 1.09. The lowest BCUT2D eigenvalue weighted by Crippen LogP contribution is -2.05. The Kier molecular flexibility index (Phi) is 10.3. The maximum atomic E-state index is 11.7. The van der Waals surface area contributed by atoms with Crippen LogP contribution in [0.3, 0.4) is 0 Å². The van der Waals surface area contributed by atoms with Crippen LogP contribution in [-0.2, 0) is 20.7 Å². The summed E-state index contributed by atoms with van der Waals surface area (Å²) >= 11 is 0. The van der Waals surface area contributed by atoms with Gasteiger partial charge in [-0.25, -0.2) is 4.79 Å². The van der Waals surface area contributed by atoms with Crippen LogP contribution in [0.5, 0.6) is 11.5 Å². The van der Waals surface area contributed by atoms with E-state index in [0.29, 0.717) is 23.5 Å². The second-order valence-corrected chi connectivity index (χ2v) is 7.42. The number of ether oxygens (including phenoxy) is 4. The van der Waals surface area contributed by atoms with Crippen molar-refractivity contribution < 1.29 is 28.5 Å². The first kappa shape index (κ1) is 25.0. The molecule has 0 spiro atoms. The predicted molar refractivity (Wildman–Crippen MR) is 124 cm³/mol. The molecule has 0 aromatic heterocycles. The Morgan fingerprint density at radius 2 is 1.66 bits per heavy atom. The highest BCUT2D eigenvalue weighted by atomic mass is 16.5. The van der Waals surface area contributed by atoms with Gasteiger partial charge in [-0.05, 0) is 48.9 Å². The van der Waals surface area contributed by atoms with Gasteiger partial charge >= 0.3 is 11.9 Å². The molecule has 0 bridgehead atoms. The average Bonchev–Trinajstić information content (AvgIpc) is 2.84. The van der Waals surface area contributed by atoms with Crippen LogP contribution in [0.2, 0.25) is 0 Å². The van der Waals surface area contributed by atoms with Crippen molar-refractivity contribution in [2.75, 3.05) is 28.4 Å². The number of carbonyl (C=O) groups excluding carboxylic acids is 2. The topological polar surface area (TPSA) is 71.1 Å². The summed E-state index contributed by atoms with van der Waals surface area (Å²) in [5, 5.41) is 0. The SMILES string of the molecule is COC(=O)CCCCC(C=Cc1cccc(OC)c1OC)Cc1ccc(C(=O)OC)cc1. The van der Waals surface area contributed by atoms with Crippen molar-refractivity contribution in [1.29, 1.82) is 0 Å². The Balaban J connectivity index is 2.16. The maximum Gasteiger partial charge on any atom is 0.337 e. The molecular weight excluding hydrogens is 408 g/mol. The molecule has 2 rings (SSSR count). The molecule has 0 aliphatic heterocycles. The molecule has 0 heterocycles. The number of carbonyl (C=O) groups is 2. The van der Waals surface area contributed by atoms with E-state index in [1.165, 1.54) is 14.2 Å². The van der Waals surface area contributed by atoms with Gasteiger partial charge in [0.1, 0.15) is 0 Å². The second kappa shape index (κ2) is 13.2. The number of allylic oxidation sites excluding steroid dienone is 1. The monoisotopic (exact) mass is 440 g/mol. The van der Waals surface area contributed by atoms with Gasteiger partial charge in [-0.1, -0.05) is 42.8 Å². The van der Waals surface area contributed by atoms with E-state index in [4.69, 9.17) is 18.9 Å². The summed E-state index contributed by atoms with van der Waals surface area (Å²) in [4.78, 5) is 23.1. The maximum absolute atomic E-state index is 11.7. The second-order valence-electron chi connectivity index (χ2n) is 7.42. The average molecular weight is 441 g/mol. The zero-order chi connectivity index (χ0) is 23.3. The van der Waals surface area contributed by atoms with Gasteiger partial charge in [-0.3, -0.25) is 4.79 Å². The molecule has 0 amide bonds. The lowest BCUT2D eigenvalue weighted by atomic mass is 9.92. The highest BCUT2D eigenvalue weighted by Crippen LogP contribution is 2.32. The number of esters is 2. The lowest BCUT2D eigenvalue weighted by Gasteiger charge is -2.14. The number of unbranched alkanes of at least 4 members (excludes halogenated alkanes) is 1. The molecule has 2 aromatic carbocycles. The molecule has 2 aromatic rings. The zero-order valence-corrected chi connectivity index (χ0v) is 19.3. The molecule has 0 fully saturated rings. The molecule has 0 radical (unpaired) electrons. The van der Waals surface area contributed by atoms with E-state index < -0.39 is 0 Å². The summed E-state index contributed by atoms with van der Waals surface area (Å²) in [7, 11) is 6.03. The van der Waals surface area contributed by atoms with Crippen molar-refractivity contribution in [1.82, 2.24) is 0 Å². The Morgan fingerprint density at radius 1 is 0.906 bits per heavy atom. The van der Waals surface area contributed by atoms with E-state index >= 15 is 0 Å². The summed E-state index contributed by atoms with van der Waals surface area (Å²) in [6.07, 6.45) is 8.05. The summed E-state index contributed by atoms with van der Waals surface area (Å²) in [5.41, 5.74) is 2.59. The Morgan fingerprint density at radius 3 is 2.28 bits per heavy atom. The van der Waals surface area contributed by atoms with Gasteiger partial charge in [0.05, 0.1) is 34.0 Å². The molecule has 0 saturated heterocycles. The molecular formula is C26H32O6.